The normalized spacial score (nSPS) is 10.9. The largest absolute Gasteiger partial charge is 0.494 e. The van der Waals surface area contributed by atoms with Gasteiger partial charge in [0, 0.05) is 24.5 Å². The molecule has 0 fully saturated rings. The molecule has 0 saturated carbocycles. The lowest BCUT2D eigenvalue weighted by molar-refractivity contribution is -0.123. The summed E-state index contributed by atoms with van der Waals surface area (Å²) in [5.74, 6) is 2.28. The van der Waals surface area contributed by atoms with Crippen LogP contribution in [-0.2, 0) is 17.8 Å². The van der Waals surface area contributed by atoms with Gasteiger partial charge in [-0.05, 0) is 79.9 Å². The SMILES string of the molecule is Cc1cc(C)cc(OCCCn2c(CCNC(=O)COc3ccc(Cl)cc3)nc3ccccc32)c1. The second-order valence-corrected chi connectivity index (χ2v) is 8.97. The number of rotatable bonds is 11. The number of aromatic nitrogens is 2. The molecule has 0 aliphatic carbocycles. The lowest BCUT2D eigenvalue weighted by Gasteiger charge is -2.12. The molecule has 0 bridgehead atoms. The van der Waals surface area contributed by atoms with Gasteiger partial charge in [0.05, 0.1) is 17.6 Å². The number of aryl methyl sites for hydroxylation is 3. The van der Waals surface area contributed by atoms with Gasteiger partial charge in [0.2, 0.25) is 0 Å². The molecule has 0 unspecified atom stereocenters. The van der Waals surface area contributed by atoms with Crippen LogP contribution in [0.5, 0.6) is 11.5 Å². The lowest BCUT2D eigenvalue weighted by Crippen LogP contribution is -2.31. The van der Waals surface area contributed by atoms with E-state index in [1.165, 1.54) is 11.1 Å². The number of carbonyl (C=O) groups excluding carboxylic acids is 1. The minimum atomic E-state index is -0.176. The number of benzene rings is 3. The van der Waals surface area contributed by atoms with Gasteiger partial charge in [0.25, 0.3) is 5.91 Å². The maximum absolute atomic E-state index is 12.2. The van der Waals surface area contributed by atoms with E-state index in [9.17, 15) is 4.79 Å². The number of para-hydroxylation sites is 2. The summed E-state index contributed by atoms with van der Waals surface area (Å²) in [4.78, 5) is 17.0. The Bertz CT molecular complexity index is 1260. The summed E-state index contributed by atoms with van der Waals surface area (Å²) in [6.07, 6.45) is 1.47. The molecule has 182 valence electrons. The van der Waals surface area contributed by atoms with E-state index in [4.69, 9.17) is 26.1 Å². The maximum atomic E-state index is 12.2. The quantitative estimate of drug-likeness (QED) is 0.281. The van der Waals surface area contributed by atoms with Gasteiger partial charge in [-0.25, -0.2) is 4.98 Å². The average molecular weight is 492 g/mol. The first-order chi connectivity index (χ1) is 17.0. The van der Waals surface area contributed by atoms with E-state index in [1.54, 1.807) is 24.3 Å². The second-order valence-electron chi connectivity index (χ2n) is 8.54. The summed E-state index contributed by atoms with van der Waals surface area (Å²) >= 11 is 5.87. The van der Waals surface area contributed by atoms with Crippen LogP contribution in [-0.4, -0.2) is 35.2 Å². The molecule has 3 aromatic carbocycles. The van der Waals surface area contributed by atoms with Gasteiger partial charge >= 0.3 is 0 Å². The fourth-order valence-electron chi connectivity index (χ4n) is 4.04. The van der Waals surface area contributed by atoms with Crippen molar-refractivity contribution in [2.45, 2.75) is 33.2 Å². The standard InChI is InChI=1S/C28H30ClN3O3/c1-20-16-21(2)18-24(17-20)34-15-5-14-32-26-7-4-3-6-25(26)31-27(32)12-13-30-28(33)19-35-23-10-8-22(29)9-11-23/h3-4,6-11,16-18H,5,12-15,19H2,1-2H3,(H,30,33). The molecular weight excluding hydrogens is 462 g/mol. The van der Waals surface area contributed by atoms with Crippen LogP contribution in [0.15, 0.2) is 66.7 Å². The Labute approximate surface area is 210 Å². The molecule has 1 N–H and O–H groups in total. The van der Waals surface area contributed by atoms with Gasteiger partial charge in [0.1, 0.15) is 17.3 Å². The van der Waals surface area contributed by atoms with Crippen molar-refractivity contribution in [3.63, 3.8) is 0 Å². The Kier molecular flexibility index (Phi) is 8.27. The molecule has 4 rings (SSSR count). The minimum Gasteiger partial charge on any atom is -0.494 e. The monoisotopic (exact) mass is 491 g/mol. The molecule has 1 aromatic heterocycles. The van der Waals surface area contributed by atoms with Crippen LogP contribution in [0.3, 0.4) is 0 Å². The first-order valence-corrected chi connectivity index (χ1v) is 12.2. The number of nitrogens with zero attached hydrogens (tertiary/aromatic N) is 2. The molecule has 0 spiro atoms. The zero-order chi connectivity index (χ0) is 24.6. The number of carbonyl (C=O) groups is 1. The van der Waals surface area contributed by atoms with Crippen molar-refractivity contribution >= 4 is 28.5 Å². The van der Waals surface area contributed by atoms with Crippen molar-refractivity contribution < 1.29 is 14.3 Å². The molecule has 7 heteroatoms. The van der Waals surface area contributed by atoms with Crippen LogP contribution < -0.4 is 14.8 Å². The van der Waals surface area contributed by atoms with Crippen molar-refractivity contribution in [2.75, 3.05) is 19.8 Å². The maximum Gasteiger partial charge on any atom is 0.257 e. The summed E-state index contributed by atoms with van der Waals surface area (Å²) < 4.78 is 13.7. The highest BCUT2D eigenvalue weighted by Crippen LogP contribution is 2.19. The Morgan fingerprint density at radius 2 is 1.71 bits per heavy atom. The van der Waals surface area contributed by atoms with Crippen LogP contribution >= 0.6 is 11.6 Å². The van der Waals surface area contributed by atoms with Gasteiger partial charge in [-0.3, -0.25) is 4.79 Å². The summed E-state index contributed by atoms with van der Waals surface area (Å²) in [5.41, 5.74) is 4.44. The summed E-state index contributed by atoms with van der Waals surface area (Å²) in [7, 11) is 0. The molecule has 0 radical (unpaired) electrons. The smallest absolute Gasteiger partial charge is 0.257 e. The van der Waals surface area contributed by atoms with Crippen molar-refractivity contribution in [3.05, 3.63) is 88.7 Å². The van der Waals surface area contributed by atoms with Crippen LogP contribution in [0.4, 0.5) is 0 Å². The molecule has 0 aliphatic heterocycles. The van der Waals surface area contributed by atoms with E-state index in [0.717, 1.165) is 35.6 Å². The van der Waals surface area contributed by atoms with Gasteiger partial charge in [0.15, 0.2) is 6.61 Å². The summed E-state index contributed by atoms with van der Waals surface area (Å²) in [6, 6.07) is 21.3. The molecule has 1 heterocycles. The van der Waals surface area contributed by atoms with Crippen molar-refractivity contribution in [2.24, 2.45) is 0 Å². The number of nitrogens with one attached hydrogen (secondary N) is 1. The van der Waals surface area contributed by atoms with Crippen molar-refractivity contribution in [1.29, 1.82) is 0 Å². The Morgan fingerprint density at radius 1 is 0.971 bits per heavy atom. The molecular formula is C28H30ClN3O3. The lowest BCUT2D eigenvalue weighted by atomic mass is 10.1. The van der Waals surface area contributed by atoms with Crippen LogP contribution in [0, 0.1) is 13.8 Å². The average Bonchev–Trinajstić information content (AvgIpc) is 3.18. The Morgan fingerprint density at radius 3 is 2.49 bits per heavy atom. The number of imidazole rings is 1. The molecule has 6 nitrogen and oxygen atoms in total. The van der Waals surface area contributed by atoms with E-state index in [2.05, 4.69) is 48.0 Å². The van der Waals surface area contributed by atoms with Crippen LogP contribution in [0.1, 0.15) is 23.4 Å². The summed E-state index contributed by atoms with van der Waals surface area (Å²) in [6.45, 7) is 5.99. The third-order valence-corrected chi connectivity index (χ3v) is 5.83. The zero-order valence-electron chi connectivity index (χ0n) is 20.1. The van der Waals surface area contributed by atoms with Gasteiger partial charge in [-0.15, -0.1) is 0 Å². The van der Waals surface area contributed by atoms with Gasteiger partial charge in [-0.2, -0.15) is 0 Å². The first-order valence-electron chi connectivity index (χ1n) is 11.8. The number of amides is 1. The van der Waals surface area contributed by atoms with E-state index >= 15 is 0 Å². The highest BCUT2D eigenvalue weighted by Gasteiger charge is 2.11. The third kappa shape index (κ3) is 6.99. The number of ether oxygens (including phenoxy) is 2. The van der Waals surface area contributed by atoms with Crippen molar-refractivity contribution in [3.8, 4) is 11.5 Å². The van der Waals surface area contributed by atoms with Gasteiger partial charge < -0.3 is 19.4 Å². The predicted molar refractivity (Wildman–Crippen MR) is 139 cm³/mol. The zero-order valence-corrected chi connectivity index (χ0v) is 20.8. The molecule has 35 heavy (non-hydrogen) atoms. The molecule has 0 atom stereocenters. The Hall–Kier alpha value is -3.51. The molecule has 0 aliphatic rings. The number of fused-ring (bicyclic) bond motifs is 1. The molecule has 4 aromatic rings. The molecule has 0 saturated heterocycles. The topological polar surface area (TPSA) is 65.4 Å². The number of hydrogen-bond acceptors (Lipinski definition) is 4. The fourth-order valence-corrected chi connectivity index (χ4v) is 4.17. The Balaban J connectivity index is 1.30. The van der Waals surface area contributed by atoms with E-state index in [-0.39, 0.29) is 12.5 Å². The number of hydrogen-bond donors (Lipinski definition) is 1. The first kappa shape index (κ1) is 24.6. The van der Waals surface area contributed by atoms with Crippen LogP contribution in [0.2, 0.25) is 5.02 Å². The van der Waals surface area contributed by atoms with Crippen LogP contribution in [0.25, 0.3) is 11.0 Å². The highest BCUT2D eigenvalue weighted by atomic mass is 35.5. The van der Waals surface area contributed by atoms with Gasteiger partial charge in [-0.1, -0.05) is 29.8 Å². The van der Waals surface area contributed by atoms with E-state index in [0.29, 0.717) is 30.3 Å². The summed E-state index contributed by atoms with van der Waals surface area (Å²) in [5, 5.41) is 3.54. The minimum absolute atomic E-state index is 0.0478. The second kappa shape index (κ2) is 11.8. The third-order valence-electron chi connectivity index (χ3n) is 5.58. The number of halogens is 1. The highest BCUT2D eigenvalue weighted by molar-refractivity contribution is 6.30. The van der Waals surface area contributed by atoms with E-state index in [1.807, 2.05) is 18.2 Å². The van der Waals surface area contributed by atoms with E-state index < -0.39 is 0 Å². The molecule has 1 amide bonds. The predicted octanol–water partition coefficient (Wildman–Crippen LogP) is 5.51. The van der Waals surface area contributed by atoms with Crippen molar-refractivity contribution in [1.82, 2.24) is 14.9 Å². The fraction of sp³-hybridized carbons (Fsp3) is 0.286.